The Labute approximate surface area is 276 Å². The van der Waals surface area contributed by atoms with E-state index >= 15 is 0 Å². The van der Waals surface area contributed by atoms with E-state index in [0.717, 1.165) is 16.7 Å². The molecule has 244 valence electrons. The molecule has 47 heavy (non-hydrogen) atoms. The number of carbonyl (C=O) groups excluding carboxylic acids is 3. The molecule has 0 unspecified atom stereocenters. The molecule has 1 aliphatic heterocycles. The predicted molar refractivity (Wildman–Crippen MR) is 182 cm³/mol. The number of fused-ring (bicyclic) bond motifs is 1. The van der Waals surface area contributed by atoms with E-state index in [0.29, 0.717) is 35.8 Å². The third-order valence-electron chi connectivity index (χ3n) is 7.94. The summed E-state index contributed by atoms with van der Waals surface area (Å²) in [6, 6.07) is 29.8. The van der Waals surface area contributed by atoms with Gasteiger partial charge in [-0.1, -0.05) is 81.4 Å². The van der Waals surface area contributed by atoms with Crippen LogP contribution in [0.1, 0.15) is 63.8 Å². The van der Waals surface area contributed by atoms with Crippen molar-refractivity contribution >= 4 is 18.0 Å². The fraction of sp³-hybridized carbons (Fsp3) is 0.308. The van der Waals surface area contributed by atoms with Gasteiger partial charge in [-0.3, -0.25) is 14.5 Å². The second kappa shape index (κ2) is 14.5. The second-order valence-electron chi connectivity index (χ2n) is 12.9. The maximum atomic E-state index is 13.7. The summed E-state index contributed by atoms with van der Waals surface area (Å²) in [5.41, 5.74) is 4.88. The normalized spacial score (nSPS) is 14.3. The Kier molecular flexibility index (Phi) is 10.3. The molecule has 0 saturated heterocycles. The molecule has 0 aromatic heterocycles. The van der Waals surface area contributed by atoms with Gasteiger partial charge >= 0.3 is 12.1 Å². The summed E-state index contributed by atoms with van der Waals surface area (Å²) in [4.78, 5) is 40.9. The van der Waals surface area contributed by atoms with E-state index in [1.165, 1.54) is 10.5 Å². The predicted octanol–water partition coefficient (Wildman–Crippen LogP) is 8.00. The van der Waals surface area contributed by atoms with Gasteiger partial charge < -0.3 is 19.5 Å². The summed E-state index contributed by atoms with van der Waals surface area (Å²) >= 11 is 0. The fourth-order valence-electron chi connectivity index (χ4n) is 5.48. The van der Waals surface area contributed by atoms with E-state index in [-0.39, 0.29) is 24.5 Å². The molecule has 1 atom stereocenters. The van der Waals surface area contributed by atoms with Gasteiger partial charge in [0, 0.05) is 13.1 Å². The van der Waals surface area contributed by atoms with Crippen molar-refractivity contribution < 1.29 is 28.6 Å². The summed E-state index contributed by atoms with van der Waals surface area (Å²) in [7, 11) is 0. The second-order valence-corrected chi connectivity index (χ2v) is 12.9. The standard InChI is InChI=1S/C39H42N2O6/c1-26(2)45-38(44)41-24-22-29-13-18-33(46-31-19-14-30(15-20-31)39(3,4)5)25-34(29)36(41)37(43)40-23-21-35(42)47-32-16-11-28(12-17-32)27-9-7-6-8-10-27/h6-20,25-26,36H,21-24H2,1-5H3,(H,40,43)/t36-/m0/s1. The van der Waals surface area contributed by atoms with Gasteiger partial charge in [0.15, 0.2) is 0 Å². The molecule has 0 fully saturated rings. The summed E-state index contributed by atoms with van der Waals surface area (Å²) in [6.45, 7) is 10.3. The minimum atomic E-state index is -0.960. The molecule has 1 N–H and O–H groups in total. The quantitative estimate of drug-likeness (QED) is 0.148. The number of nitrogens with one attached hydrogen (secondary N) is 1. The number of amides is 2. The van der Waals surface area contributed by atoms with E-state index in [1.54, 1.807) is 32.0 Å². The molecule has 4 aromatic carbocycles. The third kappa shape index (κ3) is 8.58. The molecule has 1 aliphatic rings. The zero-order valence-electron chi connectivity index (χ0n) is 27.6. The molecular weight excluding hydrogens is 592 g/mol. The molecule has 8 nitrogen and oxygen atoms in total. The molecule has 0 radical (unpaired) electrons. The Bertz CT molecular complexity index is 1690. The zero-order valence-corrected chi connectivity index (χ0v) is 27.6. The Morgan fingerprint density at radius 3 is 2.13 bits per heavy atom. The number of benzene rings is 4. The summed E-state index contributed by atoms with van der Waals surface area (Å²) < 4.78 is 17.2. The van der Waals surface area contributed by atoms with Crippen LogP contribution in [0.2, 0.25) is 0 Å². The first-order valence-corrected chi connectivity index (χ1v) is 16.0. The molecule has 1 heterocycles. The molecule has 0 spiro atoms. The van der Waals surface area contributed by atoms with Crippen molar-refractivity contribution in [2.24, 2.45) is 0 Å². The number of rotatable bonds is 9. The highest BCUT2D eigenvalue weighted by Gasteiger charge is 2.37. The first-order chi connectivity index (χ1) is 22.5. The summed E-state index contributed by atoms with van der Waals surface area (Å²) in [5.74, 6) is 0.736. The van der Waals surface area contributed by atoms with Gasteiger partial charge in [0.25, 0.3) is 0 Å². The molecule has 0 aliphatic carbocycles. The Morgan fingerprint density at radius 2 is 1.47 bits per heavy atom. The number of carbonyl (C=O) groups is 3. The molecule has 0 bridgehead atoms. The van der Waals surface area contributed by atoms with Gasteiger partial charge in [0.05, 0.1) is 12.5 Å². The minimum absolute atomic E-state index is 0.0177. The highest BCUT2D eigenvalue weighted by molar-refractivity contribution is 5.88. The van der Waals surface area contributed by atoms with Crippen molar-refractivity contribution in [2.75, 3.05) is 13.1 Å². The largest absolute Gasteiger partial charge is 0.457 e. The zero-order chi connectivity index (χ0) is 33.6. The van der Waals surface area contributed by atoms with Crippen molar-refractivity contribution in [1.29, 1.82) is 0 Å². The minimum Gasteiger partial charge on any atom is -0.457 e. The van der Waals surface area contributed by atoms with Crippen LogP contribution in [0.25, 0.3) is 11.1 Å². The Balaban J connectivity index is 1.26. The average Bonchev–Trinajstić information content (AvgIpc) is 3.04. The molecule has 0 saturated carbocycles. The molecule has 4 aromatic rings. The van der Waals surface area contributed by atoms with Crippen LogP contribution >= 0.6 is 0 Å². The summed E-state index contributed by atoms with van der Waals surface area (Å²) in [5, 5.41) is 2.84. The first kappa shape index (κ1) is 33.3. The van der Waals surface area contributed by atoms with Crippen LogP contribution in [0.4, 0.5) is 4.79 Å². The van der Waals surface area contributed by atoms with Gasteiger partial charge in [0.1, 0.15) is 23.3 Å². The number of hydrogen-bond acceptors (Lipinski definition) is 6. The molecular formula is C39H42N2O6. The van der Waals surface area contributed by atoms with E-state index in [1.807, 2.05) is 78.9 Å². The van der Waals surface area contributed by atoms with Crippen molar-refractivity contribution in [2.45, 2.75) is 65.0 Å². The smallest absolute Gasteiger partial charge is 0.410 e. The number of hydrogen-bond donors (Lipinski definition) is 1. The van der Waals surface area contributed by atoms with Gasteiger partial charge in [-0.25, -0.2) is 4.79 Å². The maximum absolute atomic E-state index is 13.7. The molecule has 2 amide bonds. The number of esters is 1. The number of ether oxygens (including phenoxy) is 3. The van der Waals surface area contributed by atoms with E-state index in [9.17, 15) is 14.4 Å². The fourth-order valence-corrected chi connectivity index (χ4v) is 5.48. The monoisotopic (exact) mass is 634 g/mol. The van der Waals surface area contributed by atoms with Crippen LogP contribution in [0, 0.1) is 0 Å². The lowest BCUT2D eigenvalue weighted by atomic mass is 9.87. The van der Waals surface area contributed by atoms with Crippen molar-refractivity contribution in [3.8, 4) is 28.4 Å². The Hall–Kier alpha value is -5.11. The highest BCUT2D eigenvalue weighted by Crippen LogP contribution is 2.35. The van der Waals surface area contributed by atoms with Crippen molar-refractivity contribution in [3.63, 3.8) is 0 Å². The lowest BCUT2D eigenvalue weighted by Crippen LogP contribution is -2.48. The van der Waals surface area contributed by atoms with Crippen LogP contribution in [0.5, 0.6) is 17.2 Å². The summed E-state index contributed by atoms with van der Waals surface area (Å²) in [6.07, 6.45) is -0.416. The number of nitrogens with zero attached hydrogens (tertiary/aromatic N) is 1. The van der Waals surface area contributed by atoms with Crippen molar-refractivity contribution in [3.05, 3.63) is 114 Å². The lowest BCUT2D eigenvalue weighted by Gasteiger charge is -2.36. The maximum Gasteiger partial charge on any atom is 0.410 e. The van der Waals surface area contributed by atoms with E-state index in [2.05, 4.69) is 26.1 Å². The van der Waals surface area contributed by atoms with Gasteiger partial charge in [-0.2, -0.15) is 0 Å². The van der Waals surface area contributed by atoms with Gasteiger partial charge in [-0.05, 0) is 89.9 Å². The molecule has 5 rings (SSSR count). The van der Waals surface area contributed by atoms with E-state index < -0.39 is 24.0 Å². The first-order valence-electron chi connectivity index (χ1n) is 16.0. The average molecular weight is 635 g/mol. The van der Waals surface area contributed by atoms with Crippen LogP contribution < -0.4 is 14.8 Å². The van der Waals surface area contributed by atoms with Crippen LogP contribution in [0.15, 0.2) is 97.1 Å². The van der Waals surface area contributed by atoms with E-state index in [4.69, 9.17) is 14.2 Å². The van der Waals surface area contributed by atoms with Crippen LogP contribution in [-0.2, 0) is 26.2 Å². The van der Waals surface area contributed by atoms with Gasteiger partial charge in [0.2, 0.25) is 5.91 Å². The highest BCUT2D eigenvalue weighted by atomic mass is 16.6. The molecule has 8 heteroatoms. The van der Waals surface area contributed by atoms with Crippen LogP contribution in [0.3, 0.4) is 0 Å². The lowest BCUT2D eigenvalue weighted by molar-refractivity contribution is -0.134. The van der Waals surface area contributed by atoms with Crippen molar-refractivity contribution in [1.82, 2.24) is 10.2 Å². The van der Waals surface area contributed by atoms with Gasteiger partial charge in [-0.15, -0.1) is 0 Å². The third-order valence-corrected chi connectivity index (χ3v) is 7.94. The Morgan fingerprint density at radius 1 is 0.830 bits per heavy atom. The SMILES string of the molecule is CC(C)OC(=O)N1CCc2ccc(Oc3ccc(C(C)(C)C)cc3)cc2[C@H]1C(=O)NCCC(=O)Oc1ccc(-c2ccccc2)cc1. The van der Waals surface area contributed by atoms with Crippen LogP contribution in [-0.4, -0.2) is 42.1 Å². The topological polar surface area (TPSA) is 94.2 Å².